The van der Waals surface area contributed by atoms with Crippen LogP contribution in [0.4, 0.5) is 0 Å². The zero-order valence-electron chi connectivity index (χ0n) is 23.4. The summed E-state index contributed by atoms with van der Waals surface area (Å²) in [6, 6.07) is 65.0. The molecule has 43 heavy (non-hydrogen) atoms. The molecule has 2 radical (unpaired) electrons. The van der Waals surface area contributed by atoms with Gasteiger partial charge in [-0.1, -0.05) is 213 Å². The summed E-state index contributed by atoms with van der Waals surface area (Å²) < 4.78 is 34.4. The number of hydrogen-bond acceptors (Lipinski definition) is 4. The normalized spacial score (nSPS) is 10.7. The molecule has 0 aromatic heterocycles. The molecule has 0 N–H and O–H groups in total. The predicted molar refractivity (Wildman–Crippen MR) is 169 cm³/mol. The molecule has 0 bridgehead atoms. The number of hydrogen-bond donors (Lipinski definition) is 0. The summed E-state index contributed by atoms with van der Waals surface area (Å²) in [6.07, 6.45) is 0. The Balaban J connectivity index is 0.000000171. The number of benzene rings is 6. The van der Waals surface area contributed by atoms with Crippen molar-refractivity contribution in [2.75, 3.05) is 0 Å². The Bertz CT molecular complexity index is 1410. The van der Waals surface area contributed by atoms with Gasteiger partial charge in [-0.15, -0.1) is 0 Å². The summed E-state index contributed by atoms with van der Waals surface area (Å²) in [7, 11) is -1.75. The minimum atomic E-state index is -5.75. The third-order valence-electron chi connectivity index (χ3n) is 6.37. The Labute approximate surface area is 259 Å². The standard InChI is InChI=1S/2C18H15Si.Cr.4O/c2*1-4-10-16(11-5-1)19(17-12-6-2-7-13-17)18-14-8-3-9-15-18;;;;;/h2*1-15H;;;;;/q;;;;;2*-1. The van der Waals surface area contributed by atoms with E-state index in [2.05, 4.69) is 182 Å². The Morgan fingerprint density at radius 2 is 0.419 bits per heavy atom. The molecule has 0 unspecified atom stereocenters. The average molecular weight is 635 g/mol. The molecule has 6 aromatic rings. The van der Waals surface area contributed by atoms with E-state index in [0.717, 1.165) is 0 Å². The Morgan fingerprint density at radius 1 is 0.302 bits per heavy atom. The fourth-order valence-corrected chi connectivity index (χ4v) is 9.78. The second-order valence-corrected chi connectivity index (χ2v) is 15.6. The third-order valence-corrected chi connectivity index (χ3v) is 11.8. The van der Waals surface area contributed by atoms with Crippen molar-refractivity contribution in [3.63, 3.8) is 0 Å². The smallest absolute Gasteiger partial charge is 0.0624 e. The molecule has 6 rings (SSSR count). The van der Waals surface area contributed by atoms with E-state index in [1.807, 2.05) is 0 Å². The summed E-state index contributed by atoms with van der Waals surface area (Å²) in [5.41, 5.74) is 0. The van der Waals surface area contributed by atoms with E-state index in [0.29, 0.717) is 0 Å². The molecular formula is C36H30CrO4Si2-2. The molecule has 0 aliphatic rings. The van der Waals surface area contributed by atoms with Crippen LogP contribution in [-0.4, -0.2) is 17.6 Å². The molecule has 6 aromatic carbocycles. The zero-order chi connectivity index (χ0) is 30.3. The van der Waals surface area contributed by atoms with Crippen molar-refractivity contribution >= 4 is 48.7 Å². The van der Waals surface area contributed by atoms with Gasteiger partial charge in [-0.05, 0) is 0 Å². The summed E-state index contributed by atoms with van der Waals surface area (Å²) in [5.74, 6) is 0. The van der Waals surface area contributed by atoms with Crippen LogP contribution in [-0.2, 0) is 21.2 Å². The van der Waals surface area contributed by atoms with Crippen LogP contribution in [0.25, 0.3) is 0 Å². The molecule has 0 saturated heterocycles. The van der Waals surface area contributed by atoms with Gasteiger partial charge in [0.15, 0.2) is 17.6 Å². The van der Waals surface area contributed by atoms with Crippen molar-refractivity contribution in [1.29, 1.82) is 0 Å². The van der Waals surface area contributed by atoms with Crippen molar-refractivity contribution in [2.45, 2.75) is 0 Å². The van der Waals surface area contributed by atoms with Crippen LogP contribution in [0.2, 0.25) is 0 Å². The molecule has 0 spiro atoms. The van der Waals surface area contributed by atoms with Gasteiger partial charge >= 0.3 is 29.5 Å². The Kier molecular flexibility index (Phi) is 12.1. The van der Waals surface area contributed by atoms with Crippen LogP contribution in [0.1, 0.15) is 0 Å². The maximum atomic E-state index is 8.59. The van der Waals surface area contributed by atoms with Gasteiger partial charge in [0, 0.05) is 0 Å². The summed E-state index contributed by atoms with van der Waals surface area (Å²) in [4.78, 5) is 0. The van der Waals surface area contributed by atoms with Gasteiger partial charge in [0.2, 0.25) is 0 Å². The minimum absolute atomic E-state index is 0.877. The molecule has 0 atom stereocenters. The number of rotatable bonds is 6. The summed E-state index contributed by atoms with van der Waals surface area (Å²) in [5, 5.41) is 8.61. The van der Waals surface area contributed by atoms with E-state index in [9.17, 15) is 0 Å². The van der Waals surface area contributed by atoms with Gasteiger partial charge in [0.1, 0.15) is 0 Å². The average Bonchev–Trinajstić information content (AvgIpc) is 3.04. The van der Waals surface area contributed by atoms with E-state index in [1.165, 1.54) is 31.1 Å². The maximum absolute atomic E-state index is 8.59. The van der Waals surface area contributed by atoms with Gasteiger partial charge in [-0.3, -0.25) is 0 Å². The maximum Gasteiger partial charge on any atom is 0.154 e. The minimum Gasteiger partial charge on any atom is -0.0624 e. The van der Waals surface area contributed by atoms with Gasteiger partial charge in [-0.2, -0.15) is 0 Å². The molecule has 214 valence electrons. The van der Waals surface area contributed by atoms with Gasteiger partial charge in [-0.25, -0.2) is 0 Å². The van der Waals surface area contributed by atoms with Crippen LogP contribution in [0, 0.1) is 0 Å². The van der Waals surface area contributed by atoms with Crippen molar-refractivity contribution in [3.05, 3.63) is 182 Å². The fraction of sp³-hybridized carbons (Fsp3) is 0. The Hall–Kier alpha value is -4.19. The van der Waals surface area contributed by atoms with Crippen molar-refractivity contribution in [3.8, 4) is 0 Å². The first-order chi connectivity index (χ1) is 20.9. The SMILES string of the molecule is [O]=[Cr](=[O])([O-])[O-].c1ccc([Si](c2ccccc2)c2ccccc2)cc1.c1ccc([Si](c2ccccc2)c2ccccc2)cc1. The monoisotopic (exact) mass is 634 g/mol. The quantitative estimate of drug-likeness (QED) is 0.207. The molecule has 7 heteroatoms. The molecular weight excluding hydrogens is 605 g/mol. The second kappa shape index (κ2) is 16.4. The van der Waals surface area contributed by atoms with Crippen LogP contribution in [0.3, 0.4) is 0 Å². The van der Waals surface area contributed by atoms with Gasteiger partial charge < -0.3 is 0 Å². The van der Waals surface area contributed by atoms with Crippen molar-refractivity contribution in [1.82, 2.24) is 0 Å². The van der Waals surface area contributed by atoms with Crippen LogP contribution < -0.4 is 39.4 Å². The molecule has 4 nitrogen and oxygen atoms in total. The van der Waals surface area contributed by atoms with E-state index < -0.39 is 31.2 Å². The van der Waals surface area contributed by atoms with E-state index in [1.54, 1.807) is 0 Å². The molecule has 0 amide bonds. The van der Waals surface area contributed by atoms with E-state index in [-0.39, 0.29) is 0 Å². The van der Waals surface area contributed by atoms with Crippen LogP contribution >= 0.6 is 0 Å². The third kappa shape index (κ3) is 10.5. The van der Waals surface area contributed by atoms with Gasteiger partial charge in [0.25, 0.3) is 0 Å². The topological polar surface area (TPSA) is 80.3 Å². The zero-order valence-corrected chi connectivity index (χ0v) is 26.6. The molecule has 0 saturated carbocycles. The van der Waals surface area contributed by atoms with E-state index in [4.69, 9.17) is 15.9 Å². The summed E-state index contributed by atoms with van der Waals surface area (Å²) >= 11 is -5.75. The Morgan fingerprint density at radius 3 is 0.535 bits per heavy atom. The summed E-state index contributed by atoms with van der Waals surface area (Å²) in [6.45, 7) is 0. The molecule has 0 aliphatic carbocycles. The van der Waals surface area contributed by atoms with E-state index >= 15 is 0 Å². The molecule has 0 aliphatic heterocycles. The van der Waals surface area contributed by atoms with Gasteiger partial charge in [0.05, 0.1) is 0 Å². The van der Waals surface area contributed by atoms with Crippen molar-refractivity contribution < 1.29 is 29.5 Å². The fourth-order valence-electron chi connectivity index (χ4n) is 4.63. The first-order valence-corrected chi connectivity index (χ1v) is 18.7. The van der Waals surface area contributed by atoms with Crippen molar-refractivity contribution in [2.24, 2.45) is 0 Å². The first kappa shape index (κ1) is 31.7. The molecule has 0 heterocycles. The van der Waals surface area contributed by atoms with Crippen LogP contribution in [0.15, 0.2) is 182 Å². The first-order valence-electron chi connectivity index (χ1n) is 13.6. The molecule has 0 fully saturated rings. The van der Waals surface area contributed by atoms with Crippen LogP contribution in [0.5, 0.6) is 0 Å². The second-order valence-electron chi connectivity index (χ2n) is 9.35. The largest absolute Gasteiger partial charge is 0.154 e. The predicted octanol–water partition coefficient (Wildman–Crippen LogP) is 1.79.